The van der Waals surface area contributed by atoms with Gasteiger partial charge in [0.25, 0.3) is 5.91 Å². The molecule has 3 rings (SSSR count). The number of methoxy groups -OCH3 is 1. The van der Waals surface area contributed by atoms with E-state index in [-0.39, 0.29) is 11.9 Å². The fourth-order valence-corrected chi connectivity index (χ4v) is 3.76. The minimum Gasteiger partial charge on any atom is -0.497 e. The summed E-state index contributed by atoms with van der Waals surface area (Å²) < 4.78 is 14.9. The maximum Gasteiger partial charge on any atom is 0.254 e. The fraction of sp³-hybridized carbons (Fsp3) is 0.444. The second-order valence-corrected chi connectivity index (χ2v) is 6.62. The number of amides is 1. The van der Waals surface area contributed by atoms with Crippen LogP contribution in [0.3, 0.4) is 0 Å². The van der Waals surface area contributed by atoms with Gasteiger partial charge >= 0.3 is 0 Å². The van der Waals surface area contributed by atoms with Gasteiger partial charge in [-0.3, -0.25) is 4.79 Å². The molecule has 2 aromatic rings. The summed E-state index contributed by atoms with van der Waals surface area (Å²) in [6, 6.07) is 7.89. The Labute approximate surface area is 146 Å². The molecular weight excluding hydrogens is 324 g/mol. The maximum absolute atomic E-state index is 12.7. The lowest BCUT2D eigenvalue weighted by Crippen LogP contribution is -2.36. The van der Waals surface area contributed by atoms with Crippen molar-refractivity contribution in [2.75, 3.05) is 20.3 Å². The minimum absolute atomic E-state index is 0.0355. The molecule has 6 heteroatoms. The number of nitrogens with zero attached hydrogens (tertiary/aromatic N) is 1. The standard InChI is InChI=1S/C18H22N2O3S/c1-12-16(11-24-20-12)18(21)19-17(14-7-9-23-10-8-14)13-3-5-15(22-2)6-4-13/h3-6,11,14,17H,7-10H2,1-2H3,(H,19,21). The van der Waals surface area contributed by atoms with Gasteiger partial charge in [0.05, 0.1) is 24.4 Å². The Bertz CT molecular complexity index is 678. The summed E-state index contributed by atoms with van der Waals surface area (Å²) in [5, 5.41) is 5.02. The Morgan fingerprint density at radius 1 is 1.33 bits per heavy atom. The Kier molecular flexibility index (Phi) is 5.48. The van der Waals surface area contributed by atoms with Crippen molar-refractivity contribution in [1.82, 2.24) is 9.69 Å². The van der Waals surface area contributed by atoms with Gasteiger partial charge in [-0.05, 0) is 54.9 Å². The fourth-order valence-electron chi connectivity index (χ4n) is 3.06. The quantitative estimate of drug-likeness (QED) is 0.902. The van der Waals surface area contributed by atoms with Crippen LogP contribution >= 0.6 is 11.5 Å². The zero-order valence-electron chi connectivity index (χ0n) is 14.0. The minimum atomic E-state index is -0.0615. The molecule has 1 amide bonds. The van der Waals surface area contributed by atoms with Crippen molar-refractivity contribution in [3.8, 4) is 5.75 Å². The van der Waals surface area contributed by atoms with Crippen LogP contribution in [0.2, 0.25) is 0 Å². The third kappa shape index (κ3) is 3.76. The van der Waals surface area contributed by atoms with Crippen molar-refractivity contribution in [1.29, 1.82) is 0 Å². The van der Waals surface area contributed by atoms with E-state index in [1.807, 2.05) is 31.2 Å². The summed E-state index contributed by atoms with van der Waals surface area (Å²) >= 11 is 1.31. The summed E-state index contributed by atoms with van der Waals surface area (Å²) in [5.74, 6) is 1.12. The number of hydrogen-bond acceptors (Lipinski definition) is 5. The van der Waals surface area contributed by atoms with Gasteiger partial charge in [0.15, 0.2) is 0 Å². The molecule has 1 saturated heterocycles. The lowest BCUT2D eigenvalue weighted by Gasteiger charge is -2.31. The highest BCUT2D eigenvalue weighted by molar-refractivity contribution is 7.03. The SMILES string of the molecule is COc1ccc(C(NC(=O)c2csnc2C)C2CCOCC2)cc1. The summed E-state index contributed by atoms with van der Waals surface area (Å²) in [5.41, 5.74) is 2.53. The number of benzene rings is 1. The number of nitrogens with one attached hydrogen (secondary N) is 1. The van der Waals surface area contributed by atoms with Crippen molar-refractivity contribution in [2.45, 2.75) is 25.8 Å². The van der Waals surface area contributed by atoms with Gasteiger partial charge in [-0.2, -0.15) is 4.37 Å². The molecule has 0 aliphatic carbocycles. The van der Waals surface area contributed by atoms with Gasteiger partial charge in [-0.1, -0.05) is 12.1 Å². The molecule has 1 atom stereocenters. The molecule has 1 N–H and O–H groups in total. The Morgan fingerprint density at radius 3 is 2.62 bits per heavy atom. The van der Waals surface area contributed by atoms with E-state index in [4.69, 9.17) is 9.47 Å². The Hall–Kier alpha value is -1.92. The van der Waals surface area contributed by atoms with Crippen LogP contribution in [0.1, 0.15) is 40.5 Å². The molecule has 1 fully saturated rings. The van der Waals surface area contributed by atoms with Crippen molar-refractivity contribution in [3.63, 3.8) is 0 Å². The summed E-state index contributed by atoms with van der Waals surface area (Å²) in [6.07, 6.45) is 1.88. The first-order valence-electron chi connectivity index (χ1n) is 8.12. The maximum atomic E-state index is 12.7. The summed E-state index contributed by atoms with van der Waals surface area (Å²) in [7, 11) is 1.65. The van der Waals surface area contributed by atoms with Gasteiger partial charge in [0, 0.05) is 18.6 Å². The highest BCUT2D eigenvalue weighted by Crippen LogP contribution is 2.31. The van der Waals surface area contributed by atoms with E-state index in [0.29, 0.717) is 11.5 Å². The monoisotopic (exact) mass is 346 g/mol. The van der Waals surface area contributed by atoms with E-state index in [0.717, 1.165) is 43.1 Å². The number of hydrogen-bond donors (Lipinski definition) is 1. The van der Waals surface area contributed by atoms with Crippen LogP contribution in [0.4, 0.5) is 0 Å². The summed E-state index contributed by atoms with van der Waals surface area (Å²) in [6.45, 7) is 3.35. The van der Waals surface area contributed by atoms with Crippen molar-refractivity contribution < 1.29 is 14.3 Å². The van der Waals surface area contributed by atoms with E-state index in [1.165, 1.54) is 11.5 Å². The van der Waals surface area contributed by atoms with Gasteiger partial charge in [0.2, 0.25) is 0 Å². The number of ether oxygens (including phenoxy) is 2. The van der Waals surface area contributed by atoms with E-state index in [1.54, 1.807) is 12.5 Å². The van der Waals surface area contributed by atoms with E-state index < -0.39 is 0 Å². The molecule has 1 aliphatic rings. The van der Waals surface area contributed by atoms with E-state index in [9.17, 15) is 4.79 Å². The average molecular weight is 346 g/mol. The zero-order valence-corrected chi connectivity index (χ0v) is 14.8. The second kappa shape index (κ2) is 7.77. The van der Waals surface area contributed by atoms with Crippen LogP contribution in [-0.2, 0) is 4.74 Å². The number of aromatic nitrogens is 1. The second-order valence-electron chi connectivity index (χ2n) is 5.99. The van der Waals surface area contributed by atoms with E-state index >= 15 is 0 Å². The van der Waals surface area contributed by atoms with Gasteiger partial charge < -0.3 is 14.8 Å². The van der Waals surface area contributed by atoms with Crippen LogP contribution in [0.25, 0.3) is 0 Å². The molecule has 0 radical (unpaired) electrons. The third-order valence-electron chi connectivity index (χ3n) is 4.49. The molecule has 24 heavy (non-hydrogen) atoms. The number of rotatable bonds is 5. The predicted molar refractivity (Wildman–Crippen MR) is 93.6 cm³/mol. The summed E-state index contributed by atoms with van der Waals surface area (Å²) in [4.78, 5) is 12.7. The molecule has 1 aromatic heterocycles. The molecule has 5 nitrogen and oxygen atoms in total. The molecule has 0 spiro atoms. The number of carbonyl (C=O) groups excluding carboxylic acids is 1. The zero-order chi connectivity index (χ0) is 16.9. The van der Waals surface area contributed by atoms with E-state index in [2.05, 4.69) is 9.69 Å². The highest BCUT2D eigenvalue weighted by atomic mass is 32.1. The van der Waals surface area contributed by atoms with Crippen molar-refractivity contribution >= 4 is 17.4 Å². The highest BCUT2D eigenvalue weighted by Gasteiger charge is 2.28. The molecule has 1 aliphatic heterocycles. The van der Waals surface area contributed by atoms with Gasteiger partial charge in [-0.25, -0.2) is 0 Å². The third-order valence-corrected chi connectivity index (χ3v) is 5.21. The Morgan fingerprint density at radius 2 is 2.04 bits per heavy atom. The normalized spacial score (nSPS) is 16.6. The van der Waals surface area contributed by atoms with Gasteiger partial charge in [-0.15, -0.1) is 0 Å². The van der Waals surface area contributed by atoms with Crippen LogP contribution in [-0.4, -0.2) is 30.6 Å². The molecule has 0 saturated carbocycles. The van der Waals surface area contributed by atoms with Crippen LogP contribution < -0.4 is 10.1 Å². The van der Waals surface area contributed by atoms with Crippen LogP contribution in [0.5, 0.6) is 5.75 Å². The average Bonchev–Trinajstić information content (AvgIpc) is 3.06. The first-order valence-corrected chi connectivity index (χ1v) is 8.96. The van der Waals surface area contributed by atoms with Gasteiger partial charge in [0.1, 0.15) is 5.75 Å². The molecule has 2 heterocycles. The first kappa shape index (κ1) is 16.9. The Balaban J connectivity index is 1.83. The number of aryl methyl sites for hydroxylation is 1. The lowest BCUT2D eigenvalue weighted by atomic mass is 9.87. The first-order chi connectivity index (χ1) is 11.7. The smallest absolute Gasteiger partial charge is 0.254 e. The predicted octanol–water partition coefficient (Wildman–Crippen LogP) is 3.36. The molecule has 0 bridgehead atoms. The lowest BCUT2D eigenvalue weighted by molar-refractivity contribution is 0.0514. The van der Waals surface area contributed by atoms with Crippen LogP contribution in [0.15, 0.2) is 29.6 Å². The topological polar surface area (TPSA) is 60.5 Å². The molecular formula is C18H22N2O3S. The van der Waals surface area contributed by atoms with Crippen molar-refractivity contribution in [3.05, 3.63) is 46.5 Å². The molecule has 1 aromatic carbocycles. The number of carbonyl (C=O) groups is 1. The largest absolute Gasteiger partial charge is 0.497 e. The molecule has 128 valence electrons. The molecule has 1 unspecified atom stereocenters. The van der Waals surface area contributed by atoms with Crippen LogP contribution in [0, 0.1) is 12.8 Å². The van der Waals surface area contributed by atoms with Crippen molar-refractivity contribution in [2.24, 2.45) is 5.92 Å².